The van der Waals surface area contributed by atoms with Gasteiger partial charge in [0.1, 0.15) is 18.4 Å². The number of benzene rings is 1. The lowest BCUT2D eigenvalue weighted by Crippen LogP contribution is -2.61. The minimum Gasteiger partial charge on any atom is -0.324 e. The molecule has 8 heteroatoms. The van der Waals surface area contributed by atoms with E-state index >= 15 is 0 Å². The molecule has 1 aromatic heterocycles. The maximum Gasteiger partial charge on any atom is 0.251 e. The van der Waals surface area contributed by atoms with Crippen LogP contribution >= 0.6 is 11.6 Å². The fraction of sp³-hybridized carbons (Fsp3) is 0.316. The average Bonchev–Trinajstić information content (AvgIpc) is 3.45. The van der Waals surface area contributed by atoms with Gasteiger partial charge in [0, 0.05) is 12.7 Å². The third-order valence-corrected chi connectivity index (χ3v) is 5.05. The zero-order valence-electron chi connectivity index (χ0n) is 14.2. The molecule has 140 valence electrons. The number of pyridine rings is 1. The molecule has 0 N–H and O–H groups in total. The Kier molecular flexibility index (Phi) is 4.55. The Labute approximate surface area is 159 Å². The molecule has 2 aliphatic rings. The highest BCUT2D eigenvalue weighted by molar-refractivity contribution is 6.30. The van der Waals surface area contributed by atoms with E-state index in [0.717, 1.165) is 29.4 Å². The number of anilines is 1. The van der Waals surface area contributed by atoms with Crippen molar-refractivity contribution in [2.75, 3.05) is 11.4 Å². The van der Waals surface area contributed by atoms with E-state index < -0.39 is 11.9 Å². The maximum absolute atomic E-state index is 14.3. The van der Waals surface area contributed by atoms with Crippen molar-refractivity contribution in [1.29, 1.82) is 0 Å². The molecule has 0 spiro atoms. The summed E-state index contributed by atoms with van der Waals surface area (Å²) in [4.78, 5) is 32.4. The minimum atomic E-state index is -0.745. The third-order valence-electron chi connectivity index (χ3n) is 4.85. The van der Waals surface area contributed by atoms with Gasteiger partial charge in [-0.3, -0.25) is 14.5 Å². The number of nitrogens with zero attached hydrogens (tertiary/aromatic N) is 3. The summed E-state index contributed by atoms with van der Waals surface area (Å²) in [5.41, 5.74) is 0.729. The monoisotopic (exact) mass is 391 g/mol. The molecule has 1 saturated carbocycles. The number of piperazine rings is 1. The Bertz CT molecular complexity index is 902. The molecule has 1 saturated heterocycles. The second-order valence-corrected chi connectivity index (χ2v) is 7.25. The van der Waals surface area contributed by atoms with E-state index in [4.69, 9.17) is 11.6 Å². The first-order chi connectivity index (χ1) is 12.9. The lowest BCUT2D eigenvalue weighted by Gasteiger charge is -2.40. The molecule has 2 fully saturated rings. The van der Waals surface area contributed by atoms with Crippen molar-refractivity contribution in [3.8, 4) is 0 Å². The van der Waals surface area contributed by atoms with E-state index in [2.05, 4.69) is 4.98 Å². The van der Waals surface area contributed by atoms with Gasteiger partial charge >= 0.3 is 0 Å². The molecular formula is C19H16ClF2N3O2. The lowest BCUT2D eigenvalue weighted by molar-refractivity contribution is -0.144. The molecule has 0 radical (unpaired) electrons. The quantitative estimate of drug-likeness (QED) is 0.804. The number of rotatable bonds is 4. The van der Waals surface area contributed by atoms with Gasteiger partial charge in [-0.15, -0.1) is 0 Å². The largest absolute Gasteiger partial charge is 0.324 e. The number of halogens is 3. The van der Waals surface area contributed by atoms with Crippen LogP contribution in [0.5, 0.6) is 0 Å². The Morgan fingerprint density at radius 2 is 1.85 bits per heavy atom. The molecule has 1 aliphatic carbocycles. The highest BCUT2D eigenvalue weighted by atomic mass is 35.5. The predicted octanol–water partition coefficient (Wildman–Crippen LogP) is 3.17. The van der Waals surface area contributed by atoms with Crippen LogP contribution in [-0.2, 0) is 16.1 Å². The third kappa shape index (κ3) is 3.51. The summed E-state index contributed by atoms with van der Waals surface area (Å²) in [6, 6.07) is 6.20. The number of aromatic nitrogens is 1. The van der Waals surface area contributed by atoms with Crippen LogP contribution in [0.25, 0.3) is 0 Å². The second kappa shape index (κ2) is 6.88. The maximum atomic E-state index is 14.3. The van der Waals surface area contributed by atoms with Gasteiger partial charge in [0.25, 0.3) is 5.91 Å². The fourth-order valence-electron chi connectivity index (χ4n) is 3.38. The van der Waals surface area contributed by atoms with E-state index in [1.807, 2.05) is 0 Å². The smallest absolute Gasteiger partial charge is 0.251 e. The Hall–Kier alpha value is -2.54. The minimum absolute atomic E-state index is 0.0417. The van der Waals surface area contributed by atoms with Crippen LogP contribution < -0.4 is 4.90 Å². The lowest BCUT2D eigenvalue weighted by atomic mass is 10.0. The van der Waals surface area contributed by atoms with E-state index in [0.29, 0.717) is 0 Å². The van der Waals surface area contributed by atoms with Crippen molar-refractivity contribution in [3.05, 3.63) is 58.7 Å². The van der Waals surface area contributed by atoms with Gasteiger partial charge in [-0.05, 0) is 42.5 Å². The summed E-state index contributed by atoms with van der Waals surface area (Å²) < 4.78 is 27.4. The number of hydrogen-bond donors (Lipinski definition) is 0. The Morgan fingerprint density at radius 3 is 2.48 bits per heavy atom. The molecule has 4 rings (SSSR count). The SMILES string of the molecule is O=C1C(C2CC2)N(Cc2ccc(F)cc2)C(=O)CN1c1ncc(Cl)cc1F. The van der Waals surface area contributed by atoms with E-state index in [1.165, 1.54) is 23.2 Å². The summed E-state index contributed by atoms with van der Waals surface area (Å²) in [5, 5.41) is 0.115. The van der Waals surface area contributed by atoms with Crippen molar-refractivity contribution >= 4 is 29.2 Å². The molecule has 2 amide bonds. The zero-order chi connectivity index (χ0) is 19.1. The summed E-state index contributed by atoms with van der Waals surface area (Å²) in [6.45, 7) is -0.0921. The fourth-order valence-corrected chi connectivity index (χ4v) is 3.52. The van der Waals surface area contributed by atoms with Gasteiger partial charge < -0.3 is 4.90 Å². The predicted molar refractivity (Wildman–Crippen MR) is 95.0 cm³/mol. The van der Waals surface area contributed by atoms with E-state index in [9.17, 15) is 18.4 Å². The molecule has 1 atom stereocenters. The van der Waals surface area contributed by atoms with Gasteiger partial charge in [-0.25, -0.2) is 13.8 Å². The normalized spacial score (nSPS) is 20.3. The Morgan fingerprint density at radius 1 is 1.15 bits per heavy atom. The Balaban J connectivity index is 1.63. The first-order valence-electron chi connectivity index (χ1n) is 8.60. The summed E-state index contributed by atoms with van der Waals surface area (Å²) in [7, 11) is 0. The van der Waals surface area contributed by atoms with Crippen LogP contribution in [0.3, 0.4) is 0 Å². The van der Waals surface area contributed by atoms with Crippen molar-refractivity contribution in [2.24, 2.45) is 5.92 Å². The first-order valence-corrected chi connectivity index (χ1v) is 8.98. The number of carbonyl (C=O) groups excluding carboxylic acids is 2. The van der Waals surface area contributed by atoms with Crippen molar-refractivity contribution in [1.82, 2.24) is 9.88 Å². The summed E-state index contributed by atoms with van der Waals surface area (Å²) in [5.74, 6) is -1.91. The van der Waals surface area contributed by atoms with E-state index in [1.54, 1.807) is 12.1 Å². The van der Waals surface area contributed by atoms with Gasteiger partial charge in [-0.2, -0.15) is 0 Å². The van der Waals surface area contributed by atoms with Crippen LogP contribution in [0.2, 0.25) is 5.02 Å². The molecule has 0 bridgehead atoms. The van der Waals surface area contributed by atoms with Crippen LogP contribution in [0, 0.1) is 17.6 Å². The summed E-state index contributed by atoms with van der Waals surface area (Å²) >= 11 is 5.73. The molecule has 1 aliphatic heterocycles. The van der Waals surface area contributed by atoms with Crippen LogP contribution in [0.1, 0.15) is 18.4 Å². The van der Waals surface area contributed by atoms with Gasteiger partial charge in [0.2, 0.25) is 5.91 Å². The molecule has 5 nitrogen and oxygen atoms in total. The van der Waals surface area contributed by atoms with Crippen LogP contribution in [0.15, 0.2) is 36.5 Å². The molecule has 27 heavy (non-hydrogen) atoms. The molecule has 1 unspecified atom stereocenters. The van der Waals surface area contributed by atoms with Crippen molar-refractivity contribution < 1.29 is 18.4 Å². The van der Waals surface area contributed by atoms with Crippen LogP contribution in [-0.4, -0.2) is 34.3 Å². The number of carbonyl (C=O) groups is 2. The van der Waals surface area contributed by atoms with Crippen molar-refractivity contribution in [2.45, 2.75) is 25.4 Å². The number of hydrogen-bond acceptors (Lipinski definition) is 3. The zero-order valence-corrected chi connectivity index (χ0v) is 15.0. The van der Waals surface area contributed by atoms with Crippen LogP contribution in [0.4, 0.5) is 14.6 Å². The average molecular weight is 392 g/mol. The highest BCUT2D eigenvalue weighted by Gasteiger charge is 2.48. The van der Waals surface area contributed by atoms with Gasteiger partial charge in [0.05, 0.1) is 5.02 Å². The topological polar surface area (TPSA) is 53.5 Å². The molecular weight excluding hydrogens is 376 g/mol. The van der Waals surface area contributed by atoms with E-state index in [-0.39, 0.29) is 47.5 Å². The number of amides is 2. The standard InChI is InChI=1S/C19H16ClF2N3O2/c20-13-7-15(22)18(23-8-13)25-10-16(26)24(17(19(25)27)12-3-4-12)9-11-1-5-14(21)6-2-11/h1-2,5-8,12,17H,3-4,9-10H2. The molecule has 2 aromatic rings. The second-order valence-electron chi connectivity index (χ2n) is 6.81. The highest BCUT2D eigenvalue weighted by Crippen LogP contribution is 2.39. The molecule has 2 heterocycles. The van der Waals surface area contributed by atoms with Crippen molar-refractivity contribution in [3.63, 3.8) is 0 Å². The van der Waals surface area contributed by atoms with Gasteiger partial charge in [0.15, 0.2) is 11.6 Å². The van der Waals surface area contributed by atoms with Gasteiger partial charge in [-0.1, -0.05) is 23.7 Å². The molecule has 1 aromatic carbocycles. The first kappa shape index (κ1) is 17.9. The summed E-state index contributed by atoms with van der Waals surface area (Å²) in [6.07, 6.45) is 2.90.